The van der Waals surface area contributed by atoms with E-state index in [2.05, 4.69) is 4.90 Å². The van der Waals surface area contributed by atoms with E-state index in [1.807, 2.05) is 11.8 Å². The fraction of sp³-hybridized carbons (Fsp3) is 0.632. The molecular weight excluding hydrogens is 382 g/mol. The summed E-state index contributed by atoms with van der Waals surface area (Å²) < 4.78 is 38.5. The summed E-state index contributed by atoms with van der Waals surface area (Å²) in [5, 5.41) is 0. The molecule has 28 heavy (non-hydrogen) atoms. The van der Waals surface area contributed by atoms with Gasteiger partial charge in [-0.15, -0.1) is 0 Å². The highest BCUT2D eigenvalue weighted by atomic mass is 32.2. The molecule has 154 valence electrons. The Kier molecular flexibility index (Phi) is 5.48. The lowest BCUT2D eigenvalue weighted by Gasteiger charge is -2.37. The van der Waals surface area contributed by atoms with Crippen molar-refractivity contribution in [1.82, 2.24) is 14.1 Å². The number of sulfonamides is 1. The van der Waals surface area contributed by atoms with Gasteiger partial charge >= 0.3 is 0 Å². The molecule has 0 bridgehead atoms. The molecule has 0 aliphatic carbocycles. The van der Waals surface area contributed by atoms with Crippen LogP contribution in [0, 0.1) is 0 Å². The zero-order chi connectivity index (χ0) is 19.7. The van der Waals surface area contributed by atoms with E-state index in [4.69, 9.17) is 9.47 Å². The number of fused-ring (bicyclic) bond motifs is 1. The zero-order valence-corrected chi connectivity index (χ0v) is 17.0. The van der Waals surface area contributed by atoms with E-state index in [9.17, 15) is 13.2 Å². The molecule has 0 radical (unpaired) electrons. The van der Waals surface area contributed by atoms with Gasteiger partial charge in [-0.1, -0.05) is 0 Å². The number of hydrogen-bond donors (Lipinski definition) is 0. The van der Waals surface area contributed by atoms with Crippen LogP contribution in [0.5, 0.6) is 11.5 Å². The summed E-state index contributed by atoms with van der Waals surface area (Å²) in [5.74, 6) is 1.20. The van der Waals surface area contributed by atoms with E-state index >= 15 is 0 Å². The van der Waals surface area contributed by atoms with Gasteiger partial charge in [-0.2, -0.15) is 4.31 Å². The van der Waals surface area contributed by atoms with Crippen molar-refractivity contribution in [1.29, 1.82) is 0 Å². The molecule has 1 atom stereocenters. The molecule has 3 heterocycles. The predicted molar refractivity (Wildman–Crippen MR) is 103 cm³/mol. The van der Waals surface area contributed by atoms with Crippen LogP contribution in [0.25, 0.3) is 0 Å². The third-order valence-electron chi connectivity index (χ3n) is 5.75. The molecule has 0 saturated carbocycles. The van der Waals surface area contributed by atoms with Crippen LogP contribution in [0.15, 0.2) is 23.1 Å². The van der Waals surface area contributed by atoms with E-state index < -0.39 is 10.0 Å². The minimum Gasteiger partial charge on any atom is -0.486 e. The number of rotatable bonds is 4. The molecule has 1 amide bonds. The van der Waals surface area contributed by atoms with Gasteiger partial charge < -0.3 is 14.4 Å². The average molecular weight is 410 g/mol. The highest BCUT2D eigenvalue weighted by Crippen LogP contribution is 2.33. The first-order valence-electron chi connectivity index (χ1n) is 9.89. The summed E-state index contributed by atoms with van der Waals surface area (Å²) in [5.41, 5.74) is 0. The second-order valence-electron chi connectivity index (χ2n) is 7.45. The van der Waals surface area contributed by atoms with Gasteiger partial charge in [-0.3, -0.25) is 9.69 Å². The number of hydrogen-bond acceptors (Lipinski definition) is 6. The Morgan fingerprint density at radius 2 is 1.61 bits per heavy atom. The van der Waals surface area contributed by atoms with Gasteiger partial charge in [0.15, 0.2) is 11.5 Å². The quantitative estimate of drug-likeness (QED) is 0.731. The molecule has 3 aliphatic heterocycles. The van der Waals surface area contributed by atoms with Gasteiger partial charge in [0.05, 0.1) is 10.9 Å². The fourth-order valence-electron chi connectivity index (χ4n) is 4.02. The van der Waals surface area contributed by atoms with E-state index in [1.165, 1.54) is 10.4 Å². The minimum absolute atomic E-state index is 0.153. The number of carbonyl (C=O) groups is 1. The van der Waals surface area contributed by atoms with Crippen LogP contribution in [0.1, 0.15) is 19.8 Å². The topological polar surface area (TPSA) is 79.4 Å². The Balaban J connectivity index is 1.40. The summed E-state index contributed by atoms with van der Waals surface area (Å²) in [6.45, 7) is 6.31. The third-order valence-corrected chi connectivity index (χ3v) is 7.64. The first-order chi connectivity index (χ1) is 13.5. The van der Waals surface area contributed by atoms with Crippen molar-refractivity contribution < 1.29 is 22.7 Å². The third kappa shape index (κ3) is 3.70. The molecule has 2 saturated heterocycles. The SMILES string of the molecule is C[C@H](C(=O)N1CCCC1)N1CCN(S(=O)(=O)c2ccc3c(c2)OCCO3)CC1. The van der Waals surface area contributed by atoms with E-state index in [-0.39, 0.29) is 16.8 Å². The van der Waals surface area contributed by atoms with Crippen molar-refractivity contribution in [2.75, 3.05) is 52.5 Å². The maximum absolute atomic E-state index is 13.0. The summed E-state index contributed by atoms with van der Waals surface area (Å²) in [6, 6.07) is 4.54. The smallest absolute Gasteiger partial charge is 0.243 e. The van der Waals surface area contributed by atoms with Crippen LogP contribution >= 0.6 is 0 Å². The fourth-order valence-corrected chi connectivity index (χ4v) is 5.46. The van der Waals surface area contributed by atoms with E-state index in [0.717, 1.165) is 25.9 Å². The number of amides is 1. The summed E-state index contributed by atoms with van der Waals surface area (Å²) >= 11 is 0. The lowest BCUT2D eigenvalue weighted by molar-refractivity contribution is -0.135. The molecule has 1 aromatic carbocycles. The predicted octanol–water partition coefficient (Wildman–Crippen LogP) is 0.775. The first kappa shape index (κ1) is 19.5. The summed E-state index contributed by atoms with van der Waals surface area (Å²) in [7, 11) is -3.60. The van der Waals surface area contributed by atoms with Crippen LogP contribution in [-0.4, -0.2) is 87.0 Å². The van der Waals surface area contributed by atoms with E-state index in [1.54, 1.807) is 12.1 Å². The Labute approximate surface area is 166 Å². The van der Waals surface area contributed by atoms with Crippen LogP contribution in [0.4, 0.5) is 0 Å². The molecule has 0 N–H and O–H groups in total. The largest absolute Gasteiger partial charge is 0.486 e. The van der Waals surface area contributed by atoms with Crippen molar-refractivity contribution in [2.24, 2.45) is 0 Å². The maximum Gasteiger partial charge on any atom is 0.243 e. The Bertz CT molecular complexity index is 830. The Hall–Kier alpha value is -1.84. The number of piperazine rings is 1. The molecule has 4 rings (SSSR count). The summed E-state index contributed by atoms with van der Waals surface area (Å²) in [4.78, 5) is 16.8. The molecule has 9 heteroatoms. The van der Waals surface area contributed by atoms with Gasteiger partial charge in [0.2, 0.25) is 15.9 Å². The van der Waals surface area contributed by atoms with Gasteiger partial charge in [-0.05, 0) is 31.9 Å². The number of benzene rings is 1. The second kappa shape index (κ2) is 7.88. The molecule has 0 aromatic heterocycles. The molecular formula is C19H27N3O5S. The van der Waals surface area contributed by atoms with Crippen LogP contribution in [-0.2, 0) is 14.8 Å². The average Bonchev–Trinajstić information content (AvgIpc) is 3.27. The van der Waals surface area contributed by atoms with Crippen LogP contribution in [0.2, 0.25) is 0 Å². The van der Waals surface area contributed by atoms with Crippen molar-refractivity contribution in [3.8, 4) is 11.5 Å². The lowest BCUT2D eigenvalue weighted by Crippen LogP contribution is -2.55. The van der Waals surface area contributed by atoms with Gasteiger partial charge in [0, 0.05) is 45.3 Å². The number of nitrogens with zero attached hydrogens (tertiary/aromatic N) is 3. The van der Waals surface area contributed by atoms with Crippen molar-refractivity contribution in [2.45, 2.75) is 30.7 Å². The van der Waals surface area contributed by atoms with Crippen LogP contribution < -0.4 is 9.47 Å². The highest BCUT2D eigenvalue weighted by molar-refractivity contribution is 7.89. The van der Waals surface area contributed by atoms with Crippen molar-refractivity contribution >= 4 is 15.9 Å². The van der Waals surface area contributed by atoms with Gasteiger partial charge in [0.1, 0.15) is 13.2 Å². The van der Waals surface area contributed by atoms with E-state index in [0.29, 0.717) is 50.9 Å². The summed E-state index contributed by atoms with van der Waals surface area (Å²) in [6.07, 6.45) is 2.14. The highest BCUT2D eigenvalue weighted by Gasteiger charge is 2.34. The monoisotopic (exact) mass is 409 g/mol. The second-order valence-corrected chi connectivity index (χ2v) is 9.39. The number of carbonyl (C=O) groups excluding carboxylic acids is 1. The minimum atomic E-state index is -3.60. The normalized spacial score (nSPS) is 22.2. The van der Waals surface area contributed by atoms with Crippen molar-refractivity contribution in [3.63, 3.8) is 0 Å². The molecule has 8 nitrogen and oxygen atoms in total. The molecule has 1 aromatic rings. The van der Waals surface area contributed by atoms with Gasteiger partial charge in [0.25, 0.3) is 0 Å². The standard InChI is InChI=1S/C19H27N3O5S/c1-15(19(23)21-6-2-3-7-21)20-8-10-22(11-9-20)28(24,25)16-4-5-17-18(14-16)27-13-12-26-17/h4-5,14-15H,2-3,6-13H2,1H3/t15-/m1/s1. The number of likely N-dealkylation sites (tertiary alicyclic amines) is 1. The molecule has 0 unspecified atom stereocenters. The number of ether oxygens (including phenoxy) is 2. The van der Waals surface area contributed by atoms with Crippen LogP contribution in [0.3, 0.4) is 0 Å². The first-order valence-corrected chi connectivity index (χ1v) is 11.3. The lowest BCUT2D eigenvalue weighted by atomic mass is 10.2. The molecule has 3 aliphatic rings. The zero-order valence-electron chi connectivity index (χ0n) is 16.2. The Morgan fingerprint density at radius 1 is 0.964 bits per heavy atom. The maximum atomic E-state index is 13.0. The molecule has 2 fully saturated rings. The van der Waals surface area contributed by atoms with Crippen molar-refractivity contribution in [3.05, 3.63) is 18.2 Å². The van der Waals surface area contributed by atoms with Gasteiger partial charge in [-0.25, -0.2) is 8.42 Å². The molecule has 0 spiro atoms. The Morgan fingerprint density at radius 3 is 2.29 bits per heavy atom.